The zero-order valence-electron chi connectivity index (χ0n) is 26.2. The zero-order valence-corrected chi connectivity index (χ0v) is 33.5. The summed E-state index contributed by atoms with van der Waals surface area (Å²) in [6.45, 7) is 13.6. The minimum absolute atomic E-state index is 0. The van der Waals surface area contributed by atoms with E-state index in [1.54, 1.807) is 0 Å². The maximum Gasteiger partial charge on any atom is -0.0132 e. The molecule has 228 valence electrons. The van der Waals surface area contributed by atoms with E-state index in [-0.39, 0.29) is 35.6 Å². The van der Waals surface area contributed by atoms with E-state index < -0.39 is 0 Å². The van der Waals surface area contributed by atoms with Crippen LogP contribution in [0.15, 0.2) is 106 Å². The van der Waals surface area contributed by atoms with Crippen LogP contribution in [0.1, 0.15) is 81.3 Å². The van der Waals surface area contributed by atoms with Crippen LogP contribution in [-0.4, -0.2) is 3.21 Å². The Bertz CT molecular complexity index is 1490. The smallest absolute Gasteiger partial charge is 0.0132 e. The first kappa shape index (κ1) is 38.8. The van der Waals surface area contributed by atoms with Crippen LogP contribution in [0.25, 0.3) is 11.1 Å². The van der Waals surface area contributed by atoms with E-state index in [0.717, 1.165) is 21.8 Å². The number of hydrogen-bond acceptors (Lipinski definition) is 0. The molecule has 0 heterocycles. The van der Waals surface area contributed by atoms with Gasteiger partial charge in [0, 0.05) is 0 Å². The fourth-order valence-electron chi connectivity index (χ4n) is 4.77. The molecule has 0 unspecified atom stereocenters. The minimum atomic E-state index is 0. The fraction of sp³-hybridized carbons (Fsp3) is 0.256. The van der Waals surface area contributed by atoms with Crippen molar-refractivity contribution in [3.05, 3.63) is 152 Å². The molecule has 0 nitrogen and oxygen atoms in total. The van der Waals surface area contributed by atoms with Crippen molar-refractivity contribution in [1.29, 1.82) is 0 Å². The summed E-state index contributed by atoms with van der Waals surface area (Å²) in [7, 11) is 0. The van der Waals surface area contributed by atoms with Crippen LogP contribution in [0.3, 0.4) is 0 Å². The number of fused-ring (bicyclic) bond motifs is 3. The van der Waals surface area contributed by atoms with E-state index in [9.17, 15) is 0 Å². The van der Waals surface area contributed by atoms with Gasteiger partial charge < -0.3 is 0 Å². The van der Waals surface area contributed by atoms with Crippen LogP contribution in [0.2, 0.25) is 0 Å². The number of benzene rings is 4. The van der Waals surface area contributed by atoms with Crippen LogP contribution in [0.5, 0.6) is 0 Å². The van der Waals surface area contributed by atoms with Crippen molar-refractivity contribution in [3.63, 3.8) is 0 Å². The van der Waals surface area contributed by atoms with Gasteiger partial charge in [0.1, 0.15) is 0 Å². The normalized spacial score (nSPS) is 12.4. The van der Waals surface area contributed by atoms with Gasteiger partial charge in [-0.1, -0.05) is 65.3 Å². The molecule has 4 aromatic rings. The van der Waals surface area contributed by atoms with E-state index in [1.807, 2.05) is 12.2 Å². The zero-order chi connectivity index (χ0) is 30.5. The third-order valence-corrected chi connectivity index (χ3v) is 9.79. The van der Waals surface area contributed by atoms with Crippen molar-refractivity contribution in [2.24, 2.45) is 0 Å². The molecule has 6 rings (SSSR count). The van der Waals surface area contributed by atoms with E-state index in [1.165, 1.54) is 71.9 Å². The number of rotatable bonds is 2. The van der Waals surface area contributed by atoms with Crippen LogP contribution in [0.4, 0.5) is 0 Å². The number of hydrogen-bond donors (Lipinski definition) is 0. The molecule has 44 heavy (non-hydrogen) atoms. The molecule has 0 aromatic heterocycles. The molecule has 0 fully saturated rings. The van der Waals surface area contributed by atoms with Gasteiger partial charge in [0.15, 0.2) is 0 Å². The van der Waals surface area contributed by atoms with E-state index in [0.29, 0.717) is 0 Å². The Morgan fingerprint density at radius 1 is 0.705 bits per heavy atom. The minimum Gasteiger partial charge on any atom is -0.273 e. The second-order valence-electron chi connectivity index (χ2n) is 12.7. The van der Waals surface area contributed by atoms with Crippen molar-refractivity contribution >= 4 is 59.9 Å². The first-order chi connectivity index (χ1) is 19.8. The predicted molar refractivity (Wildman–Crippen MR) is 198 cm³/mol. The Labute approximate surface area is 309 Å². The molecule has 5 heteroatoms. The second kappa shape index (κ2) is 17.0. The summed E-state index contributed by atoms with van der Waals surface area (Å²) in [6, 6.07) is 32.1. The van der Waals surface area contributed by atoms with Crippen molar-refractivity contribution in [3.8, 4) is 11.1 Å². The third kappa shape index (κ3) is 10.6. The number of halogens is 4. The van der Waals surface area contributed by atoms with Gasteiger partial charge in [0.25, 0.3) is 0 Å². The Morgan fingerprint density at radius 3 is 1.68 bits per heavy atom. The van der Waals surface area contributed by atoms with Crippen LogP contribution in [-0.2, 0) is 41.5 Å². The first-order valence-electron chi connectivity index (χ1n) is 14.3. The molecule has 0 saturated heterocycles. The monoisotopic (exact) mass is 826 g/mol. The van der Waals surface area contributed by atoms with E-state index >= 15 is 0 Å². The molecule has 0 saturated carbocycles. The van der Waals surface area contributed by atoms with E-state index in [4.69, 9.17) is 0 Å². The van der Waals surface area contributed by atoms with Crippen molar-refractivity contribution in [1.82, 2.24) is 0 Å². The molecule has 2 aliphatic rings. The van der Waals surface area contributed by atoms with Gasteiger partial charge in [-0.05, 0) is 28.4 Å². The Kier molecular flexibility index (Phi) is 15.0. The molecule has 4 aromatic carbocycles. The van der Waals surface area contributed by atoms with Gasteiger partial charge in [0.05, 0.1) is 0 Å². The molecule has 0 atom stereocenters. The molecular weight excluding hydrogens is 790 g/mol. The van der Waals surface area contributed by atoms with Gasteiger partial charge in [-0.3, -0.25) is 6.08 Å². The Morgan fingerprint density at radius 2 is 1.25 bits per heavy atom. The average Bonchev–Trinajstić information content (AvgIpc) is 3.64. The SMILES string of the molecule is Brc1ccc([C](=[Zr+2])c2ccc(Br)cc2)cc1.CC(C)(C)c1[c-]c2c(cc1)-c1ccc(C(C)(C)C)cc1C2.Cl.Cl.[C-]1=CC=CC1. The summed E-state index contributed by atoms with van der Waals surface area (Å²) in [5.41, 5.74) is 11.3. The summed E-state index contributed by atoms with van der Waals surface area (Å²) in [5.74, 6) is 0. The molecule has 2 aliphatic carbocycles. The number of allylic oxidation sites excluding steroid dienone is 4. The maximum atomic E-state index is 3.67. The van der Waals surface area contributed by atoms with Crippen LogP contribution in [0, 0.1) is 12.1 Å². The largest absolute Gasteiger partial charge is 0.273 e. The molecule has 0 bridgehead atoms. The average molecular weight is 831 g/mol. The molecular formula is C39H40Br2Cl2Zr. The molecule has 0 amide bonds. The van der Waals surface area contributed by atoms with Gasteiger partial charge in [-0.25, -0.2) is 12.2 Å². The van der Waals surface area contributed by atoms with Gasteiger partial charge in [-0.2, -0.15) is 29.8 Å². The summed E-state index contributed by atoms with van der Waals surface area (Å²) < 4.78 is 3.62. The standard InChI is InChI=1S/C21H25.C13H8Br2.C5H5.2ClH.Zr/c1-20(2,3)16-7-9-18-14(12-16)11-15-13-17(21(4,5)6)8-10-19(15)18;14-12-5-1-10(2-6-12)9-11-3-7-13(15)8-4-11;1-2-4-5-3-1;;;/h7-10,12H,11H2,1-6H3;1-8H;1-3H,4H2;2*1H;/q-1;;-1;;;+2. The summed E-state index contributed by atoms with van der Waals surface area (Å²) in [5, 5.41) is 0. The van der Waals surface area contributed by atoms with Crippen molar-refractivity contribution in [2.75, 3.05) is 0 Å². The van der Waals surface area contributed by atoms with Gasteiger partial charge in [-0.15, -0.1) is 42.4 Å². The predicted octanol–water partition coefficient (Wildman–Crippen LogP) is 12.1. The first-order valence-corrected chi connectivity index (χ1v) is 17.2. The molecule has 0 N–H and O–H groups in total. The molecule has 0 aliphatic heterocycles. The van der Waals surface area contributed by atoms with Gasteiger partial charge in [0.2, 0.25) is 0 Å². The van der Waals surface area contributed by atoms with Crippen LogP contribution < -0.4 is 0 Å². The summed E-state index contributed by atoms with van der Waals surface area (Å²) >= 11 is 8.34. The van der Waals surface area contributed by atoms with Crippen LogP contribution >= 0.6 is 56.7 Å². The fourth-order valence-corrected chi connectivity index (χ4v) is 6.12. The molecule has 0 spiro atoms. The molecule has 0 radical (unpaired) electrons. The summed E-state index contributed by atoms with van der Waals surface area (Å²) in [4.78, 5) is 0. The summed E-state index contributed by atoms with van der Waals surface area (Å²) in [6.07, 6.45) is 11.0. The third-order valence-electron chi connectivity index (χ3n) is 7.32. The maximum absolute atomic E-state index is 3.67. The van der Waals surface area contributed by atoms with Gasteiger partial charge >= 0.3 is 128 Å². The van der Waals surface area contributed by atoms with Crippen molar-refractivity contribution < 1.29 is 24.2 Å². The van der Waals surface area contributed by atoms with E-state index in [2.05, 4.69) is 170 Å². The Balaban J connectivity index is 0.000000260. The second-order valence-corrected chi connectivity index (χ2v) is 15.8. The quantitative estimate of drug-likeness (QED) is 0.156. The van der Waals surface area contributed by atoms with Crippen molar-refractivity contribution in [2.45, 2.75) is 65.2 Å². The topological polar surface area (TPSA) is 0 Å². The Hall–Kier alpha value is -1.35.